The van der Waals surface area contributed by atoms with Gasteiger partial charge in [-0.25, -0.2) is 0 Å². The Hall–Kier alpha value is -0.610. The van der Waals surface area contributed by atoms with Gasteiger partial charge >= 0.3 is 0 Å². The molecule has 0 bridgehead atoms. The van der Waals surface area contributed by atoms with E-state index in [9.17, 15) is 0 Å². The Morgan fingerprint density at radius 2 is 2.00 bits per heavy atom. The average Bonchev–Trinajstić information content (AvgIpc) is 2.22. The minimum absolute atomic E-state index is 0.166. The van der Waals surface area contributed by atoms with Crippen LogP contribution in [0.15, 0.2) is 0 Å². The summed E-state index contributed by atoms with van der Waals surface area (Å²) >= 11 is 0. The second kappa shape index (κ2) is 7.63. The molecule has 0 aliphatic rings. The fraction of sp³-hybridized carbons (Fsp3) is 0.917. The van der Waals surface area contributed by atoms with Gasteiger partial charge in [-0.15, -0.1) is 0 Å². The Bertz CT molecular complexity index is 204. The van der Waals surface area contributed by atoms with Gasteiger partial charge in [-0.3, -0.25) is 5.41 Å². The van der Waals surface area contributed by atoms with E-state index in [-0.39, 0.29) is 11.3 Å². The van der Waals surface area contributed by atoms with Crippen LogP contribution in [0.4, 0.5) is 0 Å². The molecular formula is C12H27N3O. The smallest absolute Gasteiger partial charge is 0.0963 e. The van der Waals surface area contributed by atoms with Crippen molar-refractivity contribution in [2.75, 3.05) is 33.4 Å². The second-order valence-corrected chi connectivity index (χ2v) is 4.83. The minimum Gasteiger partial charge on any atom is -0.387 e. The summed E-state index contributed by atoms with van der Waals surface area (Å²) in [4.78, 5) is 2.36. The Morgan fingerprint density at radius 3 is 2.44 bits per heavy atom. The molecule has 0 atom stereocenters. The molecule has 0 rings (SSSR count). The number of methoxy groups -OCH3 is 1. The van der Waals surface area contributed by atoms with Crippen molar-refractivity contribution in [2.24, 2.45) is 11.1 Å². The quantitative estimate of drug-likeness (QED) is 0.467. The lowest BCUT2D eigenvalue weighted by Crippen LogP contribution is -2.33. The van der Waals surface area contributed by atoms with E-state index in [1.54, 1.807) is 7.11 Å². The first-order valence-electron chi connectivity index (χ1n) is 5.99. The lowest BCUT2D eigenvalue weighted by molar-refractivity contribution is 0.148. The number of nitrogens with one attached hydrogen (secondary N) is 1. The van der Waals surface area contributed by atoms with Gasteiger partial charge in [0.1, 0.15) is 0 Å². The number of nitrogens with two attached hydrogens (primary N) is 1. The molecule has 0 saturated carbocycles. The van der Waals surface area contributed by atoms with E-state index in [2.05, 4.69) is 11.8 Å². The first kappa shape index (κ1) is 15.4. The molecule has 4 nitrogen and oxygen atoms in total. The largest absolute Gasteiger partial charge is 0.387 e. The lowest BCUT2D eigenvalue weighted by Gasteiger charge is -2.25. The molecule has 0 unspecified atom stereocenters. The van der Waals surface area contributed by atoms with Crippen LogP contribution < -0.4 is 5.73 Å². The number of hydrogen-bond acceptors (Lipinski definition) is 3. The van der Waals surface area contributed by atoms with E-state index >= 15 is 0 Å². The molecule has 0 aromatic rings. The first-order valence-corrected chi connectivity index (χ1v) is 5.99. The van der Waals surface area contributed by atoms with Crippen molar-refractivity contribution < 1.29 is 4.74 Å². The predicted molar refractivity (Wildman–Crippen MR) is 68.9 cm³/mol. The molecule has 0 aliphatic carbocycles. The van der Waals surface area contributed by atoms with E-state index < -0.39 is 0 Å². The Balaban J connectivity index is 3.81. The van der Waals surface area contributed by atoms with Crippen LogP contribution in [0.3, 0.4) is 0 Å². The summed E-state index contributed by atoms with van der Waals surface area (Å²) in [5, 5.41) is 7.48. The molecule has 0 radical (unpaired) electrons. The number of nitrogens with zero attached hydrogens (tertiary/aromatic N) is 1. The fourth-order valence-electron chi connectivity index (χ4n) is 1.53. The van der Waals surface area contributed by atoms with E-state index in [4.69, 9.17) is 15.9 Å². The van der Waals surface area contributed by atoms with Crippen molar-refractivity contribution in [3.8, 4) is 0 Å². The van der Waals surface area contributed by atoms with Crippen LogP contribution in [0.2, 0.25) is 0 Å². The molecule has 3 N–H and O–H groups in total. The number of ether oxygens (including phenoxy) is 1. The first-order chi connectivity index (χ1) is 7.44. The number of rotatable bonds is 9. The Labute approximate surface area is 99.7 Å². The normalized spacial score (nSPS) is 12.1. The van der Waals surface area contributed by atoms with Gasteiger partial charge in [0, 0.05) is 19.1 Å². The summed E-state index contributed by atoms with van der Waals surface area (Å²) in [5.41, 5.74) is 5.38. The van der Waals surface area contributed by atoms with Crippen molar-refractivity contribution in [2.45, 2.75) is 33.6 Å². The number of likely N-dealkylation sites (N-methyl/N-ethyl adjacent to an activating group) is 1. The monoisotopic (exact) mass is 229 g/mol. The van der Waals surface area contributed by atoms with Gasteiger partial charge in [-0.05, 0) is 25.9 Å². The third kappa shape index (κ3) is 6.08. The zero-order chi connectivity index (χ0) is 12.6. The third-order valence-electron chi connectivity index (χ3n) is 3.06. The zero-order valence-corrected chi connectivity index (χ0v) is 11.2. The van der Waals surface area contributed by atoms with Gasteiger partial charge in [-0.1, -0.05) is 20.8 Å². The Kier molecular flexibility index (Phi) is 7.34. The molecule has 0 aliphatic heterocycles. The highest BCUT2D eigenvalue weighted by molar-refractivity contribution is 5.82. The third-order valence-corrected chi connectivity index (χ3v) is 3.06. The van der Waals surface area contributed by atoms with Gasteiger partial charge in [0.2, 0.25) is 0 Å². The summed E-state index contributed by atoms with van der Waals surface area (Å²) in [6, 6.07) is 0. The maximum Gasteiger partial charge on any atom is 0.0963 e. The highest BCUT2D eigenvalue weighted by atomic mass is 16.5. The summed E-state index contributed by atoms with van der Waals surface area (Å²) in [6.07, 6.45) is 2.04. The van der Waals surface area contributed by atoms with Crippen molar-refractivity contribution in [1.82, 2.24) is 4.90 Å². The molecule has 0 aromatic carbocycles. The number of hydrogen-bond donors (Lipinski definition) is 2. The highest BCUT2D eigenvalue weighted by Gasteiger charge is 2.21. The maximum absolute atomic E-state index is 7.48. The molecule has 4 heteroatoms. The van der Waals surface area contributed by atoms with Crippen molar-refractivity contribution in [3.05, 3.63) is 0 Å². The van der Waals surface area contributed by atoms with E-state index in [0.29, 0.717) is 0 Å². The van der Waals surface area contributed by atoms with Crippen molar-refractivity contribution >= 4 is 5.84 Å². The van der Waals surface area contributed by atoms with E-state index in [1.165, 1.54) is 0 Å². The molecule has 0 spiro atoms. The van der Waals surface area contributed by atoms with Gasteiger partial charge in [0.05, 0.1) is 12.4 Å². The van der Waals surface area contributed by atoms with Gasteiger partial charge in [0.25, 0.3) is 0 Å². The summed E-state index contributed by atoms with van der Waals surface area (Å²) in [7, 11) is 1.73. The van der Waals surface area contributed by atoms with Gasteiger partial charge < -0.3 is 15.4 Å². The van der Waals surface area contributed by atoms with Crippen molar-refractivity contribution in [3.63, 3.8) is 0 Å². The van der Waals surface area contributed by atoms with Crippen LogP contribution in [0.5, 0.6) is 0 Å². The lowest BCUT2D eigenvalue weighted by atomic mass is 9.86. The maximum atomic E-state index is 7.48. The highest BCUT2D eigenvalue weighted by Crippen LogP contribution is 2.21. The zero-order valence-electron chi connectivity index (χ0n) is 11.2. The van der Waals surface area contributed by atoms with Crippen LogP contribution in [-0.2, 0) is 4.74 Å². The predicted octanol–water partition coefficient (Wildman–Crippen LogP) is 1.70. The standard InChI is InChI=1S/C12H27N3O/c1-5-15(9-10-16-4)8-6-7-12(2,3)11(13)14/h5-10H2,1-4H3,(H3,13,14). The van der Waals surface area contributed by atoms with Crippen LogP contribution in [-0.4, -0.2) is 44.1 Å². The van der Waals surface area contributed by atoms with Crippen LogP contribution >= 0.6 is 0 Å². The molecule has 0 heterocycles. The van der Waals surface area contributed by atoms with Gasteiger partial charge in [-0.2, -0.15) is 0 Å². The molecule has 0 amide bonds. The molecule has 0 saturated heterocycles. The fourth-order valence-corrected chi connectivity index (χ4v) is 1.53. The van der Waals surface area contributed by atoms with Crippen LogP contribution in [0.1, 0.15) is 33.6 Å². The van der Waals surface area contributed by atoms with Crippen LogP contribution in [0, 0.1) is 10.8 Å². The molecule has 16 heavy (non-hydrogen) atoms. The van der Waals surface area contributed by atoms with E-state index in [1.807, 2.05) is 13.8 Å². The summed E-state index contributed by atoms with van der Waals surface area (Å²) in [6.45, 7) is 10.1. The van der Waals surface area contributed by atoms with Crippen LogP contribution in [0.25, 0.3) is 0 Å². The van der Waals surface area contributed by atoms with E-state index in [0.717, 1.165) is 39.1 Å². The summed E-state index contributed by atoms with van der Waals surface area (Å²) < 4.78 is 5.06. The summed E-state index contributed by atoms with van der Waals surface area (Å²) in [5.74, 6) is 0.285. The Morgan fingerprint density at radius 1 is 1.38 bits per heavy atom. The number of amidine groups is 1. The topological polar surface area (TPSA) is 62.3 Å². The van der Waals surface area contributed by atoms with Gasteiger partial charge in [0.15, 0.2) is 0 Å². The second-order valence-electron chi connectivity index (χ2n) is 4.83. The van der Waals surface area contributed by atoms with Crippen molar-refractivity contribution in [1.29, 1.82) is 5.41 Å². The molecule has 96 valence electrons. The average molecular weight is 229 g/mol. The molecule has 0 fully saturated rings. The SMILES string of the molecule is CCN(CCCC(C)(C)C(=N)N)CCOC. The molecular weight excluding hydrogens is 202 g/mol. The molecule has 0 aromatic heterocycles. The minimum atomic E-state index is -0.166.